The smallest absolute Gasteiger partial charge is 0.323 e. The SMILES string of the molecule is COC(=O)C(C)(Cc1ccc(C)cc1)C(=O)OC. The molecule has 0 fully saturated rings. The number of carbonyl (C=O) groups is 2. The fourth-order valence-corrected chi connectivity index (χ4v) is 1.79. The van der Waals surface area contributed by atoms with Gasteiger partial charge in [0.1, 0.15) is 0 Å². The summed E-state index contributed by atoms with van der Waals surface area (Å²) >= 11 is 0. The van der Waals surface area contributed by atoms with E-state index in [0.29, 0.717) is 0 Å². The van der Waals surface area contributed by atoms with Crippen molar-refractivity contribution in [1.82, 2.24) is 0 Å². The highest BCUT2D eigenvalue weighted by Gasteiger charge is 2.43. The fourth-order valence-electron chi connectivity index (χ4n) is 1.79. The van der Waals surface area contributed by atoms with Crippen molar-refractivity contribution in [3.63, 3.8) is 0 Å². The molecule has 1 aromatic carbocycles. The van der Waals surface area contributed by atoms with Crippen LogP contribution in [-0.4, -0.2) is 26.2 Å². The topological polar surface area (TPSA) is 52.6 Å². The summed E-state index contributed by atoms with van der Waals surface area (Å²) in [5.41, 5.74) is 0.703. The Morgan fingerprint density at radius 3 is 1.89 bits per heavy atom. The third-order valence-corrected chi connectivity index (χ3v) is 2.95. The Bertz CT molecular complexity index is 418. The lowest BCUT2D eigenvalue weighted by atomic mass is 9.83. The third-order valence-electron chi connectivity index (χ3n) is 2.95. The van der Waals surface area contributed by atoms with Gasteiger partial charge in [-0.2, -0.15) is 0 Å². The predicted molar refractivity (Wildman–Crippen MR) is 67.0 cm³/mol. The van der Waals surface area contributed by atoms with Gasteiger partial charge in [0.2, 0.25) is 0 Å². The minimum Gasteiger partial charge on any atom is -0.468 e. The number of rotatable bonds is 4. The predicted octanol–water partition coefficient (Wildman–Crippen LogP) is 1.89. The molecule has 0 radical (unpaired) electrons. The second-order valence-corrected chi connectivity index (χ2v) is 4.48. The molecule has 0 atom stereocenters. The van der Waals surface area contributed by atoms with Crippen LogP contribution in [0.25, 0.3) is 0 Å². The molecule has 18 heavy (non-hydrogen) atoms. The minimum absolute atomic E-state index is 0.257. The van der Waals surface area contributed by atoms with Crippen LogP contribution in [-0.2, 0) is 25.5 Å². The lowest BCUT2D eigenvalue weighted by Gasteiger charge is -2.23. The van der Waals surface area contributed by atoms with Gasteiger partial charge in [0.25, 0.3) is 0 Å². The van der Waals surface area contributed by atoms with Crippen LogP contribution in [0.3, 0.4) is 0 Å². The Labute approximate surface area is 107 Å². The first-order valence-corrected chi connectivity index (χ1v) is 5.66. The van der Waals surface area contributed by atoms with Gasteiger partial charge in [-0.05, 0) is 25.8 Å². The molecule has 0 aliphatic heterocycles. The molecule has 0 aliphatic rings. The van der Waals surface area contributed by atoms with Gasteiger partial charge in [-0.3, -0.25) is 9.59 Å². The molecule has 0 saturated heterocycles. The molecule has 0 heterocycles. The van der Waals surface area contributed by atoms with Gasteiger partial charge in [0.05, 0.1) is 14.2 Å². The molecule has 1 rings (SSSR count). The molecule has 4 nitrogen and oxygen atoms in total. The number of hydrogen-bond acceptors (Lipinski definition) is 4. The molecule has 0 amide bonds. The number of hydrogen-bond donors (Lipinski definition) is 0. The van der Waals surface area contributed by atoms with E-state index in [0.717, 1.165) is 11.1 Å². The van der Waals surface area contributed by atoms with Crippen LogP contribution in [0.4, 0.5) is 0 Å². The van der Waals surface area contributed by atoms with E-state index in [4.69, 9.17) is 9.47 Å². The summed E-state index contributed by atoms with van der Waals surface area (Å²) in [5.74, 6) is -1.18. The first-order chi connectivity index (χ1) is 8.43. The zero-order valence-corrected chi connectivity index (χ0v) is 11.1. The average Bonchev–Trinajstić information content (AvgIpc) is 2.39. The maximum absolute atomic E-state index is 11.8. The number of aryl methyl sites for hydroxylation is 1. The molecule has 0 unspecified atom stereocenters. The highest BCUT2D eigenvalue weighted by Crippen LogP contribution is 2.26. The van der Waals surface area contributed by atoms with Crippen molar-refractivity contribution in [2.45, 2.75) is 20.3 Å². The number of benzene rings is 1. The lowest BCUT2D eigenvalue weighted by Crippen LogP contribution is -2.40. The van der Waals surface area contributed by atoms with Crippen molar-refractivity contribution in [2.75, 3.05) is 14.2 Å². The number of methoxy groups -OCH3 is 2. The quantitative estimate of drug-likeness (QED) is 0.605. The molecule has 0 N–H and O–H groups in total. The van der Waals surface area contributed by atoms with Gasteiger partial charge in [0.15, 0.2) is 5.41 Å². The van der Waals surface area contributed by atoms with E-state index in [1.54, 1.807) is 0 Å². The van der Waals surface area contributed by atoms with E-state index in [1.807, 2.05) is 31.2 Å². The molecule has 1 aromatic rings. The van der Waals surface area contributed by atoms with Crippen molar-refractivity contribution in [3.8, 4) is 0 Å². The largest absolute Gasteiger partial charge is 0.468 e. The van der Waals surface area contributed by atoms with Crippen LogP contribution in [0.2, 0.25) is 0 Å². The highest BCUT2D eigenvalue weighted by atomic mass is 16.5. The molecule has 0 bridgehead atoms. The summed E-state index contributed by atoms with van der Waals surface area (Å²) in [7, 11) is 2.53. The lowest BCUT2D eigenvalue weighted by molar-refractivity contribution is -0.167. The molecular formula is C14H18O4. The van der Waals surface area contributed by atoms with Crippen molar-refractivity contribution in [1.29, 1.82) is 0 Å². The average molecular weight is 250 g/mol. The molecule has 98 valence electrons. The summed E-state index contributed by atoms with van der Waals surface area (Å²) in [4.78, 5) is 23.6. The Hall–Kier alpha value is -1.84. The number of esters is 2. The van der Waals surface area contributed by atoms with Crippen LogP contribution >= 0.6 is 0 Å². The van der Waals surface area contributed by atoms with Crippen molar-refractivity contribution in [2.24, 2.45) is 5.41 Å². The van der Waals surface area contributed by atoms with Crippen LogP contribution in [0, 0.1) is 12.3 Å². The first-order valence-electron chi connectivity index (χ1n) is 5.66. The fraction of sp³-hybridized carbons (Fsp3) is 0.429. The molecule has 4 heteroatoms. The van der Waals surface area contributed by atoms with Gasteiger partial charge in [-0.25, -0.2) is 0 Å². The molecule has 0 saturated carbocycles. The Balaban J connectivity index is 3.02. The van der Waals surface area contributed by atoms with Crippen LogP contribution in [0.5, 0.6) is 0 Å². The molecule has 0 spiro atoms. The van der Waals surface area contributed by atoms with E-state index < -0.39 is 17.4 Å². The standard InChI is InChI=1S/C14H18O4/c1-10-5-7-11(8-6-10)9-14(2,12(15)17-3)13(16)18-4/h5-8H,9H2,1-4H3. The summed E-state index contributed by atoms with van der Waals surface area (Å²) in [5, 5.41) is 0. The highest BCUT2D eigenvalue weighted by molar-refractivity contribution is 5.99. The van der Waals surface area contributed by atoms with Crippen molar-refractivity contribution in [3.05, 3.63) is 35.4 Å². The van der Waals surface area contributed by atoms with Crippen LogP contribution in [0.15, 0.2) is 24.3 Å². The van der Waals surface area contributed by atoms with Crippen molar-refractivity contribution >= 4 is 11.9 Å². The Kier molecular flexibility index (Phi) is 4.48. The van der Waals surface area contributed by atoms with Gasteiger partial charge >= 0.3 is 11.9 Å². The maximum Gasteiger partial charge on any atom is 0.323 e. The Morgan fingerprint density at radius 2 is 1.50 bits per heavy atom. The number of ether oxygens (including phenoxy) is 2. The van der Waals surface area contributed by atoms with E-state index in [2.05, 4.69) is 0 Å². The maximum atomic E-state index is 11.8. The zero-order valence-electron chi connectivity index (χ0n) is 11.1. The summed E-state index contributed by atoms with van der Waals surface area (Å²) in [6.07, 6.45) is 0.257. The van der Waals surface area contributed by atoms with Gasteiger partial charge < -0.3 is 9.47 Å². The first kappa shape index (κ1) is 14.2. The van der Waals surface area contributed by atoms with Crippen LogP contribution < -0.4 is 0 Å². The van der Waals surface area contributed by atoms with E-state index in [9.17, 15) is 9.59 Å². The van der Waals surface area contributed by atoms with Gasteiger partial charge in [-0.15, -0.1) is 0 Å². The van der Waals surface area contributed by atoms with E-state index in [-0.39, 0.29) is 6.42 Å². The summed E-state index contributed by atoms with van der Waals surface area (Å²) < 4.78 is 9.39. The molecule has 0 aliphatic carbocycles. The van der Waals surface area contributed by atoms with E-state index >= 15 is 0 Å². The van der Waals surface area contributed by atoms with Gasteiger partial charge in [0, 0.05) is 0 Å². The van der Waals surface area contributed by atoms with Crippen molar-refractivity contribution < 1.29 is 19.1 Å². The molecular weight excluding hydrogens is 232 g/mol. The second-order valence-electron chi connectivity index (χ2n) is 4.48. The van der Waals surface area contributed by atoms with Gasteiger partial charge in [-0.1, -0.05) is 29.8 Å². The Morgan fingerprint density at radius 1 is 1.06 bits per heavy atom. The van der Waals surface area contributed by atoms with Crippen LogP contribution in [0.1, 0.15) is 18.1 Å². The third kappa shape index (κ3) is 2.88. The minimum atomic E-state index is -1.31. The summed E-state index contributed by atoms with van der Waals surface area (Å²) in [6.45, 7) is 3.51. The normalized spacial score (nSPS) is 10.9. The second kappa shape index (κ2) is 5.67. The molecule has 0 aromatic heterocycles. The van der Waals surface area contributed by atoms with E-state index in [1.165, 1.54) is 21.1 Å². The monoisotopic (exact) mass is 250 g/mol. The summed E-state index contributed by atoms with van der Waals surface area (Å²) in [6, 6.07) is 7.65. The number of carbonyl (C=O) groups excluding carboxylic acids is 2. The zero-order chi connectivity index (χ0) is 13.8.